The minimum absolute atomic E-state index is 0.0360. The summed E-state index contributed by atoms with van der Waals surface area (Å²) in [6.45, 7) is 0. The van der Waals surface area contributed by atoms with E-state index in [4.69, 9.17) is 0 Å². The van der Waals surface area contributed by atoms with E-state index in [0.29, 0.717) is 12.2 Å². The minimum Gasteiger partial charge on any atom is -0.307 e. The van der Waals surface area contributed by atoms with Crippen LogP contribution in [0.15, 0.2) is 40.1 Å². The lowest BCUT2D eigenvalue weighted by Gasteiger charge is -2.26. The maximum Gasteiger partial charge on any atom is 0.329 e. The number of carbonyl (C=O) groups is 1. The predicted octanol–water partition coefficient (Wildman–Crippen LogP) is 2.71. The molecule has 1 saturated carbocycles. The number of aromatic amines is 1. The van der Waals surface area contributed by atoms with Gasteiger partial charge in [0.15, 0.2) is 5.82 Å². The van der Waals surface area contributed by atoms with Crippen LogP contribution in [-0.4, -0.2) is 25.2 Å². The van der Waals surface area contributed by atoms with Crippen molar-refractivity contribution < 1.29 is 9.18 Å². The summed E-state index contributed by atoms with van der Waals surface area (Å²) < 4.78 is 16.2. The fraction of sp³-hybridized carbons (Fsp3) is 0.429. The summed E-state index contributed by atoms with van der Waals surface area (Å²) in [5, 5.41) is 6.89. The Kier molecular flexibility index (Phi) is 5.52. The topological polar surface area (TPSA) is 102 Å². The molecule has 2 N–H and O–H groups in total. The Morgan fingerprint density at radius 3 is 2.73 bits per heavy atom. The van der Waals surface area contributed by atoms with Gasteiger partial charge < -0.3 is 10.3 Å². The highest BCUT2D eigenvalue weighted by atomic mass is 19.1. The number of amides is 1. The van der Waals surface area contributed by atoms with Gasteiger partial charge >= 0.3 is 5.69 Å². The lowest BCUT2D eigenvalue weighted by molar-refractivity contribution is -0.120. The molecule has 0 radical (unpaired) electrons. The molecule has 0 saturated heterocycles. The molecule has 9 heteroatoms. The number of aromatic nitrogens is 4. The molecule has 8 nitrogen and oxygen atoms in total. The second kappa shape index (κ2) is 8.25. The first-order valence-electron chi connectivity index (χ1n) is 10.2. The molecule has 1 aliphatic rings. The van der Waals surface area contributed by atoms with Gasteiger partial charge in [0.25, 0.3) is 5.56 Å². The summed E-state index contributed by atoms with van der Waals surface area (Å²) in [7, 11) is 1.72. The number of anilines is 1. The quantitative estimate of drug-likeness (QED) is 0.671. The van der Waals surface area contributed by atoms with Crippen molar-refractivity contribution in [3.05, 3.63) is 57.1 Å². The zero-order valence-electron chi connectivity index (χ0n) is 16.7. The summed E-state index contributed by atoms with van der Waals surface area (Å²) >= 11 is 0. The van der Waals surface area contributed by atoms with Crippen LogP contribution < -0.4 is 16.6 Å². The van der Waals surface area contributed by atoms with E-state index >= 15 is 0 Å². The van der Waals surface area contributed by atoms with Crippen LogP contribution in [0.3, 0.4) is 0 Å². The molecule has 1 amide bonds. The Hall–Kier alpha value is -3.23. The summed E-state index contributed by atoms with van der Waals surface area (Å²) in [6, 6.07) is 4.23. The molecular weight excluding hydrogens is 389 g/mol. The van der Waals surface area contributed by atoms with E-state index in [0.717, 1.165) is 42.7 Å². The highest BCUT2D eigenvalue weighted by Gasteiger charge is 2.29. The summed E-state index contributed by atoms with van der Waals surface area (Å²) in [5.74, 6) is -0.497. The Labute approximate surface area is 171 Å². The molecule has 2 aromatic heterocycles. The normalized spacial score (nSPS) is 15.9. The predicted molar refractivity (Wildman–Crippen MR) is 111 cm³/mol. The van der Waals surface area contributed by atoms with E-state index in [-0.39, 0.29) is 16.8 Å². The number of benzene rings is 1. The minimum atomic E-state index is -1.01. The Balaban J connectivity index is 1.77. The zero-order chi connectivity index (χ0) is 21.3. The van der Waals surface area contributed by atoms with Gasteiger partial charge in [-0.3, -0.25) is 14.3 Å². The van der Waals surface area contributed by atoms with Gasteiger partial charge in [0, 0.05) is 19.3 Å². The lowest BCUT2D eigenvalue weighted by Crippen LogP contribution is -2.43. The second-order valence-corrected chi connectivity index (χ2v) is 7.91. The molecule has 1 aromatic carbocycles. The van der Waals surface area contributed by atoms with E-state index in [1.807, 2.05) is 0 Å². The van der Waals surface area contributed by atoms with E-state index < -0.39 is 29.0 Å². The van der Waals surface area contributed by atoms with Crippen LogP contribution in [0.25, 0.3) is 10.9 Å². The van der Waals surface area contributed by atoms with Crippen LogP contribution in [0.1, 0.15) is 44.6 Å². The van der Waals surface area contributed by atoms with Gasteiger partial charge in [0.2, 0.25) is 5.91 Å². The maximum absolute atomic E-state index is 13.7. The number of carbonyl (C=O) groups excluding carboxylic acids is 1. The lowest BCUT2D eigenvalue weighted by atomic mass is 9.84. The summed E-state index contributed by atoms with van der Waals surface area (Å²) in [5.41, 5.74) is -1.12. The van der Waals surface area contributed by atoms with Crippen molar-refractivity contribution in [1.82, 2.24) is 19.3 Å². The van der Waals surface area contributed by atoms with E-state index in [1.54, 1.807) is 24.0 Å². The van der Waals surface area contributed by atoms with Crippen molar-refractivity contribution in [1.29, 1.82) is 0 Å². The summed E-state index contributed by atoms with van der Waals surface area (Å²) in [4.78, 5) is 41.7. The largest absolute Gasteiger partial charge is 0.329 e. The molecular formula is C21H24FN5O3. The third-order valence-electron chi connectivity index (χ3n) is 5.75. The van der Waals surface area contributed by atoms with Crippen molar-refractivity contribution in [3.8, 4) is 0 Å². The van der Waals surface area contributed by atoms with Gasteiger partial charge in [-0.05, 0) is 30.5 Å². The van der Waals surface area contributed by atoms with Crippen LogP contribution in [0, 0.1) is 11.7 Å². The fourth-order valence-electron chi connectivity index (χ4n) is 4.24. The number of fused-ring (bicyclic) bond motifs is 1. The number of aryl methyl sites for hydroxylation is 1. The molecule has 0 spiro atoms. The van der Waals surface area contributed by atoms with Crippen molar-refractivity contribution >= 4 is 22.6 Å². The van der Waals surface area contributed by atoms with Gasteiger partial charge in [-0.1, -0.05) is 32.1 Å². The molecule has 0 aliphatic heterocycles. The van der Waals surface area contributed by atoms with Crippen LogP contribution in [0.5, 0.6) is 0 Å². The smallest absolute Gasteiger partial charge is 0.307 e. The first kappa shape index (κ1) is 20.1. The van der Waals surface area contributed by atoms with Crippen LogP contribution >= 0.6 is 0 Å². The fourth-order valence-corrected chi connectivity index (χ4v) is 4.24. The molecule has 1 fully saturated rings. The van der Waals surface area contributed by atoms with E-state index in [2.05, 4.69) is 15.4 Å². The number of halogens is 1. The zero-order valence-corrected chi connectivity index (χ0v) is 16.7. The first-order valence-corrected chi connectivity index (χ1v) is 10.2. The number of rotatable bonds is 5. The molecule has 0 bridgehead atoms. The number of H-pyrrole nitrogens is 1. The average Bonchev–Trinajstić information content (AvgIpc) is 3.13. The van der Waals surface area contributed by atoms with E-state index in [1.165, 1.54) is 12.1 Å². The average molecular weight is 413 g/mol. The van der Waals surface area contributed by atoms with Crippen molar-refractivity contribution in [2.24, 2.45) is 13.0 Å². The second-order valence-electron chi connectivity index (χ2n) is 7.91. The molecule has 158 valence electrons. The van der Waals surface area contributed by atoms with Crippen LogP contribution in [0.2, 0.25) is 0 Å². The standard InChI is InChI=1S/C21H24FN5O3/c1-26-10-9-18(25-26)24-19(28)17(11-13-5-3-2-4-6-13)27-20(29)15-12-14(22)7-8-16(15)23-21(27)30/h7-10,12-13,17H,2-6,11H2,1H3,(H,23,30)(H,24,25,28). The molecule has 2 heterocycles. The van der Waals surface area contributed by atoms with Crippen LogP contribution in [-0.2, 0) is 11.8 Å². The molecule has 1 unspecified atom stereocenters. The highest BCUT2D eigenvalue weighted by Crippen LogP contribution is 2.30. The van der Waals surface area contributed by atoms with Crippen LogP contribution in [0.4, 0.5) is 10.2 Å². The van der Waals surface area contributed by atoms with Gasteiger partial charge in [0.1, 0.15) is 11.9 Å². The maximum atomic E-state index is 13.7. The number of hydrogen-bond donors (Lipinski definition) is 2. The molecule has 30 heavy (non-hydrogen) atoms. The third kappa shape index (κ3) is 4.05. The molecule has 1 atom stereocenters. The monoisotopic (exact) mass is 413 g/mol. The van der Waals surface area contributed by atoms with E-state index in [9.17, 15) is 18.8 Å². The molecule has 3 aromatic rings. The number of nitrogens with zero attached hydrogens (tertiary/aromatic N) is 3. The Bertz CT molecular complexity index is 1190. The summed E-state index contributed by atoms with van der Waals surface area (Å²) in [6.07, 6.45) is 7.22. The SMILES string of the molecule is Cn1ccc(NC(=O)C(CC2CCCCC2)n2c(=O)[nH]c3ccc(F)cc3c2=O)n1. The number of nitrogens with one attached hydrogen (secondary N) is 2. The number of hydrogen-bond acceptors (Lipinski definition) is 4. The Morgan fingerprint density at radius 1 is 1.27 bits per heavy atom. The van der Waals surface area contributed by atoms with Crippen molar-refractivity contribution in [2.75, 3.05) is 5.32 Å². The highest BCUT2D eigenvalue weighted by molar-refractivity contribution is 5.93. The Morgan fingerprint density at radius 2 is 2.03 bits per heavy atom. The first-order chi connectivity index (χ1) is 14.4. The van der Waals surface area contributed by atoms with Gasteiger partial charge in [-0.25, -0.2) is 13.8 Å². The molecule has 1 aliphatic carbocycles. The third-order valence-corrected chi connectivity index (χ3v) is 5.75. The van der Waals surface area contributed by atoms with Crippen molar-refractivity contribution in [2.45, 2.75) is 44.6 Å². The van der Waals surface area contributed by atoms with Gasteiger partial charge in [0.05, 0.1) is 10.9 Å². The van der Waals surface area contributed by atoms with Gasteiger partial charge in [-0.15, -0.1) is 0 Å². The molecule has 4 rings (SSSR count). The van der Waals surface area contributed by atoms with Gasteiger partial charge in [-0.2, -0.15) is 5.10 Å². The van der Waals surface area contributed by atoms with Crippen molar-refractivity contribution in [3.63, 3.8) is 0 Å².